The molecule has 0 bridgehead atoms. The SMILES string of the molecule is COCC(=O)N1CCC(S(=O)(=O)c2ccc(CNC(=O)N3Cc4ccncc4C3)nc2)CC1. The van der Waals surface area contributed by atoms with Gasteiger partial charge in [0.1, 0.15) is 6.61 Å². The van der Waals surface area contributed by atoms with Gasteiger partial charge in [0.05, 0.1) is 22.4 Å². The molecule has 0 spiro atoms. The predicted octanol–water partition coefficient (Wildman–Crippen LogP) is 1.11. The van der Waals surface area contributed by atoms with Crippen molar-refractivity contribution in [2.24, 2.45) is 0 Å². The highest BCUT2D eigenvalue weighted by molar-refractivity contribution is 7.92. The summed E-state index contributed by atoms with van der Waals surface area (Å²) in [6.45, 7) is 2.02. The maximum atomic E-state index is 13.0. The number of methoxy groups -OCH3 is 1. The molecule has 2 aromatic heterocycles. The van der Waals surface area contributed by atoms with E-state index in [0.29, 0.717) is 44.7 Å². The summed E-state index contributed by atoms with van der Waals surface area (Å²) in [7, 11) is -2.09. The van der Waals surface area contributed by atoms with Crippen LogP contribution in [-0.2, 0) is 39.0 Å². The maximum absolute atomic E-state index is 13.0. The smallest absolute Gasteiger partial charge is 0.318 e. The summed E-state index contributed by atoms with van der Waals surface area (Å²) in [4.78, 5) is 36.2. The number of piperidine rings is 1. The minimum Gasteiger partial charge on any atom is -0.375 e. The van der Waals surface area contributed by atoms with Crippen molar-refractivity contribution < 1.29 is 22.7 Å². The molecule has 2 aromatic rings. The lowest BCUT2D eigenvalue weighted by Gasteiger charge is -2.31. The third-order valence-electron chi connectivity index (χ3n) is 6.06. The Balaban J connectivity index is 1.30. The first-order valence-corrected chi connectivity index (χ1v) is 12.3. The van der Waals surface area contributed by atoms with Gasteiger partial charge in [-0.05, 0) is 42.2 Å². The molecule has 1 N–H and O–H groups in total. The molecule has 0 unspecified atom stereocenters. The number of nitrogens with one attached hydrogen (secondary N) is 1. The van der Waals surface area contributed by atoms with E-state index in [2.05, 4.69) is 15.3 Å². The fraction of sp³-hybridized carbons (Fsp3) is 0.455. The standard InChI is InChI=1S/C22H27N5O5S/c1-32-15-21(28)26-8-5-19(6-9-26)33(30,31)20-3-2-18(24-12-20)11-25-22(29)27-13-16-4-7-23-10-17(16)14-27/h2-4,7,10,12,19H,5-6,8-9,11,13-15H2,1H3,(H,25,29). The van der Waals surface area contributed by atoms with Gasteiger partial charge >= 0.3 is 6.03 Å². The summed E-state index contributed by atoms with van der Waals surface area (Å²) in [5, 5.41) is 2.28. The van der Waals surface area contributed by atoms with Crippen molar-refractivity contribution in [1.82, 2.24) is 25.1 Å². The molecular weight excluding hydrogens is 446 g/mol. The molecule has 0 radical (unpaired) electrons. The highest BCUT2D eigenvalue weighted by atomic mass is 32.2. The highest BCUT2D eigenvalue weighted by Gasteiger charge is 2.33. The number of amides is 3. The number of aromatic nitrogens is 2. The van der Waals surface area contributed by atoms with E-state index in [1.165, 1.54) is 19.4 Å². The van der Waals surface area contributed by atoms with Gasteiger partial charge in [0.2, 0.25) is 5.91 Å². The number of hydrogen-bond donors (Lipinski definition) is 1. The second-order valence-corrected chi connectivity index (χ2v) is 10.4. The molecule has 2 aliphatic heterocycles. The summed E-state index contributed by atoms with van der Waals surface area (Å²) in [6, 6.07) is 4.85. The van der Waals surface area contributed by atoms with Crippen LogP contribution in [0.3, 0.4) is 0 Å². The van der Waals surface area contributed by atoms with Crippen LogP contribution in [0.15, 0.2) is 41.7 Å². The maximum Gasteiger partial charge on any atom is 0.318 e. The van der Waals surface area contributed by atoms with Crippen molar-refractivity contribution in [3.8, 4) is 0 Å². The fourth-order valence-electron chi connectivity index (χ4n) is 4.15. The lowest BCUT2D eigenvalue weighted by Crippen LogP contribution is -2.43. The Kier molecular flexibility index (Phi) is 6.89. The van der Waals surface area contributed by atoms with E-state index in [0.717, 1.165) is 11.1 Å². The molecule has 4 heterocycles. The Morgan fingerprint density at radius 3 is 2.52 bits per heavy atom. The van der Waals surface area contributed by atoms with Crippen molar-refractivity contribution in [1.29, 1.82) is 0 Å². The molecule has 1 saturated heterocycles. The number of urea groups is 1. The van der Waals surface area contributed by atoms with E-state index < -0.39 is 15.1 Å². The number of fused-ring (bicyclic) bond motifs is 1. The summed E-state index contributed by atoms with van der Waals surface area (Å²) >= 11 is 0. The van der Waals surface area contributed by atoms with Gasteiger partial charge in [-0.15, -0.1) is 0 Å². The third-order valence-corrected chi connectivity index (χ3v) is 8.31. The normalized spacial score (nSPS) is 16.5. The number of nitrogens with zero attached hydrogens (tertiary/aromatic N) is 4. The summed E-state index contributed by atoms with van der Waals surface area (Å²) < 4.78 is 30.9. The van der Waals surface area contributed by atoms with Crippen LogP contribution < -0.4 is 5.32 Å². The zero-order valence-electron chi connectivity index (χ0n) is 18.4. The minimum atomic E-state index is -3.55. The van der Waals surface area contributed by atoms with Crippen LogP contribution in [0.25, 0.3) is 0 Å². The first-order valence-electron chi connectivity index (χ1n) is 10.8. The zero-order valence-corrected chi connectivity index (χ0v) is 19.3. The van der Waals surface area contributed by atoms with Gasteiger partial charge in [0, 0.05) is 51.9 Å². The Bertz CT molecular complexity index is 1090. The van der Waals surface area contributed by atoms with Crippen molar-refractivity contribution in [3.05, 3.63) is 53.6 Å². The van der Waals surface area contributed by atoms with Gasteiger partial charge in [-0.1, -0.05) is 0 Å². The number of carbonyl (C=O) groups excluding carboxylic acids is 2. The molecule has 0 saturated carbocycles. The van der Waals surface area contributed by atoms with Crippen LogP contribution in [0.1, 0.15) is 29.7 Å². The van der Waals surface area contributed by atoms with Gasteiger partial charge in [-0.2, -0.15) is 0 Å². The Labute approximate surface area is 192 Å². The molecule has 176 valence electrons. The van der Waals surface area contributed by atoms with Crippen LogP contribution in [0.2, 0.25) is 0 Å². The van der Waals surface area contributed by atoms with E-state index >= 15 is 0 Å². The van der Waals surface area contributed by atoms with Gasteiger partial charge in [0.25, 0.3) is 0 Å². The number of pyridine rings is 2. The number of ether oxygens (including phenoxy) is 1. The first-order chi connectivity index (χ1) is 15.9. The van der Waals surface area contributed by atoms with E-state index in [1.807, 2.05) is 6.07 Å². The summed E-state index contributed by atoms with van der Waals surface area (Å²) in [5.41, 5.74) is 2.69. The monoisotopic (exact) mass is 473 g/mol. The van der Waals surface area contributed by atoms with E-state index in [-0.39, 0.29) is 30.0 Å². The summed E-state index contributed by atoms with van der Waals surface area (Å²) in [5.74, 6) is -0.129. The molecule has 0 aliphatic carbocycles. The molecule has 3 amide bonds. The molecule has 4 rings (SSSR count). The lowest BCUT2D eigenvalue weighted by atomic mass is 10.1. The Morgan fingerprint density at radius 1 is 1.09 bits per heavy atom. The molecule has 33 heavy (non-hydrogen) atoms. The molecule has 1 fully saturated rings. The van der Waals surface area contributed by atoms with Crippen molar-refractivity contribution in [2.75, 3.05) is 26.8 Å². The number of likely N-dealkylation sites (tertiary alicyclic amines) is 1. The molecule has 2 aliphatic rings. The zero-order chi connectivity index (χ0) is 23.4. The Morgan fingerprint density at radius 2 is 1.85 bits per heavy atom. The Hall–Kier alpha value is -3.05. The second kappa shape index (κ2) is 9.84. The fourth-order valence-corrected chi connectivity index (χ4v) is 5.82. The highest BCUT2D eigenvalue weighted by Crippen LogP contribution is 2.25. The van der Waals surface area contributed by atoms with Crippen molar-refractivity contribution >= 4 is 21.8 Å². The molecule has 0 atom stereocenters. The van der Waals surface area contributed by atoms with Crippen LogP contribution >= 0.6 is 0 Å². The van der Waals surface area contributed by atoms with Gasteiger partial charge in [-0.3, -0.25) is 14.8 Å². The van der Waals surface area contributed by atoms with Crippen LogP contribution in [0, 0.1) is 0 Å². The van der Waals surface area contributed by atoms with Crippen LogP contribution in [-0.4, -0.2) is 72.2 Å². The minimum absolute atomic E-state index is 0.00123. The van der Waals surface area contributed by atoms with E-state index in [1.54, 1.807) is 28.3 Å². The van der Waals surface area contributed by atoms with Crippen molar-refractivity contribution in [2.45, 2.75) is 42.6 Å². The number of sulfone groups is 1. The van der Waals surface area contributed by atoms with E-state index in [9.17, 15) is 18.0 Å². The largest absolute Gasteiger partial charge is 0.375 e. The molecule has 0 aromatic carbocycles. The average molecular weight is 474 g/mol. The van der Waals surface area contributed by atoms with Crippen LogP contribution in [0.5, 0.6) is 0 Å². The molecular formula is C22H27N5O5S. The molecule has 10 nitrogen and oxygen atoms in total. The summed E-state index contributed by atoms with van der Waals surface area (Å²) in [6.07, 6.45) is 5.58. The quantitative estimate of drug-likeness (QED) is 0.667. The van der Waals surface area contributed by atoms with Gasteiger partial charge < -0.3 is 19.9 Å². The predicted molar refractivity (Wildman–Crippen MR) is 119 cm³/mol. The number of carbonyl (C=O) groups is 2. The van der Waals surface area contributed by atoms with Crippen molar-refractivity contribution in [3.63, 3.8) is 0 Å². The molecule has 11 heteroatoms. The first kappa shape index (κ1) is 23.1. The van der Waals surface area contributed by atoms with Gasteiger partial charge in [0.15, 0.2) is 9.84 Å². The second-order valence-electron chi connectivity index (χ2n) is 8.20. The van der Waals surface area contributed by atoms with Crippen LogP contribution in [0.4, 0.5) is 4.79 Å². The number of rotatable bonds is 6. The average Bonchev–Trinajstić information content (AvgIpc) is 3.27. The lowest BCUT2D eigenvalue weighted by molar-refractivity contribution is -0.135. The third kappa shape index (κ3) is 5.14. The number of hydrogen-bond acceptors (Lipinski definition) is 7. The van der Waals surface area contributed by atoms with Gasteiger partial charge in [-0.25, -0.2) is 13.2 Å². The van der Waals surface area contributed by atoms with E-state index in [4.69, 9.17) is 4.74 Å². The topological polar surface area (TPSA) is 122 Å².